The van der Waals surface area contributed by atoms with Crippen LogP contribution < -0.4 is 11.1 Å². The first kappa shape index (κ1) is 10.9. The topological polar surface area (TPSA) is 55.1 Å². The summed E-state index contributed by atoms with van der Waals surface area (Å²) in [6, 6.07) is 0.381. The van der Waals surface area contributed by atoms with E-state index in [4.69, 9.17) is 5.73 Å². The molecule has 0 aromatic carbocycles. The Labute approximate surface area is 91.8 Å². The molecule has 1 amide bonds. The fourth-order valence-electron chi connectivity index (χ4n) is 2.63. The molecule has 0 spiro atoms. The van der Waals surface area contributed by atoms with Gasteiger partial charge < -0.3 is 11.1 Å². The van der Waals surface area contributed by atoms with Crippen LogP contribution >= 0.6 is 0 Å². The number of nitrogens with one attached hydrogen (secondary N) is 1. The lowest BCUT2D eigenvalue weighted by atomic mass is 9.68. The Kier molecular flexibility index (Phi) is 3.29. The summed E-state index contributed by atoms with van der Waals surface area (Å²) in [6.45, 7) is 1.88. The van der Waals surface area contributed by atoms with Crippen molar-refractivity contribution in [1.82, 2.24) is 5.32 Å². The first-order valence-corrected chi connectivity index (χ1v) is 6.24. The summed E-state index contributed by atoms with van der Waals surface area (Å²) >= 11 is 0. The summed E-state index contributed by atoms with van der Waals surface area (Å²) in [6.07, 6.45) is 8.06. The second-order valence-corrected chi connectivity index (χ2v) is 5.20. The van der Waals surface area contributed by atoms with E-state index in [1.807, 2.05) is 6.92 Å². The van der Waals surface area contributed by atoms with Crippen LogP contribution in [-0.2, 0) is 4.79 Å². The van der Waals surface area contributed by atoms with Gasteiger partial charge in [0.15, 0.2) is 0 Å². The minimum atomic E-state index is -0.223. The fourth-order valence-corrected chi connectivity index (χ4v) is 2.63. The van der Waals surface area contributed by atoms with Gasteiger partial charge in [-0.1, -0.05) is 12.8 Å². The van der Waals surface area contributed by atoms with Crippen molar-refractivity contribution in [2.75, 3.05) is 0 Å². The van der Waals surface area contributed by atoms with E-state index in [2.05, 4.69) is 5.32 Å². The molecule has 0 aromatic heterocycles. The second kappa shape index (κ2) is 4.52. The minimum Gasteiger partial charge on any atom is -0.368 e. The van der Waals surface area contributed by atoms with Gasteiger partial charge in [-0.05, 0) is 44.4 Å². The smallest absolute Gasteiger partial charge is 0.234 e. The average Bonchev–Trinajstić information content (AvgIpc) is 1.96. The summed E-state index contributed by atoms with van der Waals surface area (Å²) in [7, 11) is 0. The van der Waals surface area contributed by atoms with Gasteiger partial charge in [0.25, 0.3) is 0 Å². The largest absolute Gasteiger partial charge is 0.368 e. The van der Waals surface area contributed by atoms with Crippen LogP contribution in [0.25, 0.3) is 0 Å². The molecule has 2 aliphatic carbocycles. The predicted octanol–water partition coefficient (Wildman–Crippen LogP) is 1.42. The highest BCUT2D eigenvalue weighted by molar-refractivity contribution is 5.79. The normalized spacial score (nSPS) is 24.7. The number of nitrogens with two attached hydrogens (primary N) is 1. The lowest BCUT2D eigenvalue weighted by molar-refractivity contribution is -0.120. The van der Waals surface area contributed by atoms with Gasteiger partial charge in [-0.2, -0.15) is 0 Å². The van der Waals surface area contributed by atoms with Crippen molar-refractivity contribution in [2.24, 2.45) is 17.6 Å². The van der Waals surface area contributed by atoms with Gasteiger partial charge in [-0.3, -0.25) is 4.79 Å². The molecule has 1 atom stereocenters. The maximum atomic E-state index is 11.1. The Morgan fingerprint density at radius 1 is 1.20 bits per heavy atom. The molecule has 86 valence electrons. The molecule has 0 saturated heterocycles. The molecule has 0 aliphatic heterocycles. The van der Waals surface area contributed by atoms with Gasteiger partial charge in [0, 0.05) is 6.04 Å². The lowest BCUT2D eigenvalue weighted by Crippen LogP contribution is -2.53. The number of rotatable bonds is 5. The zero-order valence-electron chi connectivity index (χ0n) is 9.54. The molecule has 1 unspecified atom stereocenters. The average molecular weight is 210 g/mol. The molecule has 3 nitrogen and oxygen atoms in total. The van der Waals surface area contributed by atoms with Gasteiger partial charge in [0.1, 0.15) is 0 Å². The molecule has 2 saturated carbocycles. The highest BCUT2D eigenvalue weighted by Gasteiger charge is 2.36. The highest BCUT2D eigenvalue weighted by Crippen LogP contribution is 2.40. The molecule has 0 bridgehead atoms. The first-order chi connectivity index (χ1) is 7.18. The van der Waals surface area contributed by atoms with Crippen LogP contribution in [0.4, 0.5) is 0 Å². The zero-order valence-corrected chi connectivity index (χ0v) is 9.54. The van der Waals surface area contributed by atoms with Crippen molar-refractivity contribution in [3.8, 4) is 0 Å². The summed E-state index contributed by atoms with van der Waals surface area (Å²) in [5, 5.41) is 3.45. The minimum absolute atomic E-state index is 0.170. The van der Waals surface area contributed by atoms with E-state index in [1.165, 1.54) is 38.5 Å². The monoisotopic (exact) mass is 210 g/mol. The SMILES string of the molecule is CC(NC(C1CCC1)C1CCC1)C(N)=O. The number of amides is 1. The number of hydrogen-bond acceptors (Lipinski definition) is 2. The van der Waals surface area contributed by atoms with E-state index >= 15 is 0 Å². The quantitative estimate of drug-likeness (QED) is 0.721. The maximum absolute atomic E-state index is 11.1. The Balaban J connectivity index is 1.89. The number of carbonyl (C=O) groups is 1. The van der Waals surface area contributed by atoms with E-state index in [9.17, 15) is 4.79 Å². The van der Waals surface area contributed by atoms with Crippen LogP contribution in [0.15, 0.2) is 0 Å². The molecular formula is C12H22N2O. The Hall–Kier alpha value is -0.570. The first-order valence-electron chi connectivity index (χ1n) is 6.24. The third kappa shape index (κ3) is 2.33. The highest BCUT2D eigenvalue weighted by atomic mass is 16.1. The number of hydrogen-bond donors (Lipinski definition) is 2. The van der Waals surface area contributed by atoms with Gasteiger partial charge in [-0.15, -0.1) is 0 Å². The van der Waals surface area contributed by atoms with Crippen molar-refractivity contribution in [3.05, 3.63) is 0 Å². The molecule has 2 aliphatic rings. The number of carbonyl (C=O) groups excluding carboxylic acids is 1. The molecular weight excluding hydrogens is 188 g/mol. The molecule has 0 aromatic rings. The molecule has 2 fully saturated rings. The zero-order chi connectivity index (χ0) is 10.8. The fraction of sp³-hybridized carbons (Fsp3) is 0.917. The predicted molar refractivity (Wildman–Crippen MR) is 60.3 cm³/mol. The van der Waals surface area contributed by atoms with Crippen LogP contribution in [0.1, 0.15) is 45.4 Å². The van der Waals surface area contributed by atoms with Gasteiger partial charge in [0.05, 0.1) is 6.04 Å². The van der Waals surface area contributed by atoms with E-state index in [0.29, 0.717) is 6.04 Å². The van der Waals surface area contributed by atoms with Crippen molar-refractivity contribution in [2.45, 2.75) is 57.5 Å². The Morgan fingerprint density at radius 2 is 1.67 bits per heavy atom. The molecule has 2 rings (SSSR count). The Morgan fingerprint density at radius 3 is 1.93 bits per heavy atom. The molecule has 3 heteroatoms. The van der Waals surface area contributed by atoms with Gasteiger partial charge in [-0.25, -0.2) is 0 Å². The second-order valence-electron chi connectivity index (χ2n) is 5.20. The summed E-state index contributed by atoms with van der Waals surface area (Å²) in [5.74, 6) is 1.38. The third-order valence-corrected chi connectivity index (χ3v) is 4.18. The molecule has 0 heterocycles. The van der Waals surface area contributed by atoms with Gasteiger partial charge in [0.2, 0.25) is 5.91 Å². The van der Waals surface area contributed by atoms with E-state index in [0.717, 1.165) is 11.8 Å². The summed E-state index contributed by atoms with van der Waals surface area (Å²) in [4.78, 5) is 11.1. The van der Waals surface area contributed by atoms with Crippen LogP contribution in [0, 0.1) is 11.8 Å². The van der Waals surface area contributed by atoms with Gasteiger partial charge >= 0.3 is 0 Å². The molecule has 3 N–H and O–H groups in total. The summed E-state index contributed by atoms with van der Waals surface area (Å²) in [5.41, 5.74) is 5.30. The van der Waals surface area contributed by atoms with Crippen LogP contribution in [0.2, 0.25) is 0 Å². The maximum Gasteiger partial charge on any atom is 0.234 e. The van der Waals surface area contributed by atoms with Crippen molar-refractivity contribution >= 4 is 5.91 Å². The number of primary amides is 1. The van der Waals surface area contributed by atoms with E-state index < -0.39 is 0 Å². The van der Waals surface area contributed by atoms with Crippen molar-refractivity contribution < 1.29 is 4.79 Å². The van der Waals surface area contributed by atoms with Crippen molar-refractivity contribution in [3.63, 3.8) is 0 Å². The standard InChI is InChI=1S/C12H22N2O/c1-8(12(13)15)14-11(9-4-2-5-9)10-6-3-7-10/h8-11,14H,2-7H2,1H3,(H2,13,15). The van der Waals surface area contributed by atoms with Crippen LogP contribution in [-0.4, -0.2) is 18.0 Å². The molecule has 0 radical (unpaired) electrons. The van der Waals surface area contributed by atoms with Crippen LogP contribution in [0.3, 0.4) is 0 Å². The third-order valence-electron chi connectivity index (χ3n) is 4.18. The van der Waals surface area contributed by atoms with Crippen molar-refractivity contribution in [1.29, 1.82) is 0 Å². The Bertz CT molecular complexity index is 220. The van der Waals surface area contributed by atoms with E-state index in [1.54, 1.807) is 0 Å². The lowest BCUT2D eigenvalue weighted by Gasteiger charge is -2.44. The summed E-state index contributed by atoms with van der Waals surface area (Å²) < 4.78 is 0. The van der Waals surface area contributed by atoms with E-state index in [-0.39, 0.29) is 11.9 Å². The van der Waals surface area contributed by atoms with Crippen LogP contribution in [0.5, 0.6) is 0 Å². The molecule has 15 heavy (non-hydrogen) atoms.